The van der Waals surface area contributed by atoms with E-state index in [1.165, 1.54) is 12.1 Å². The fraction of sp³-hybridized carbons (Fsp3) is 0.148. The number of nitrogens with zero attached hydrogens (tertiary/aromatic N) is 2. The molecule has 0 fully saturated rings. The molecule has 0 spiro atoms. The zero-order chi connectivity index (χ0) is 23.3. The van der Waals surface area contributed by atoms with Gasteiger partial charge in [0.05, 0.1) is 12.1 Å². The maximum absolute atomic E-state index is 13.3. The lowest BCUT2D eigenvalue weighted by molar-refractivity contribution is -0.137. The number of halogens is 3. The van der Waals surface area contributed by atoms with Crippen LogP contribution in [0.1, 0.15) is 32.7 Å². The van der Waals surface area contributed by atoms with E-state index in [-0.39, 0.29) is 11.5 Å². The molecular formula is C27H23F3N2O. The molecule has 6 heteroatoms. The molecule has 0 saturated carbocycles. The van der Waals surface area contributed by atoms with Crippen molar-refractivity contribution in [3.8, 4) is 0 Å². The molecular weight excluding hydrogens is 425 g/mol. The highest BCUT2D eigenvalue weighted by molar-refractivity contribution is 5.94. The van der Waals surface area contributed by atoms with E-state index in [2.05, 4.69) is 4.57 Å². The molecule has 1 aromatic heterocycles. The molecule has 0 aliphatic rings. The predicted octanol–water partition coefficient (Wildman–Crippen LogP) is 6.40. The third-order valence-electron chi connectivity index (χ3n) is 5.43. The Kier molecular flexibility index (Phi) is 6.63. The summed E-state index contributed by atoms with van der Waals surface area (Å²) in [6.07, 6.45) is -2.48. The van der Waals surface area contributed by atoms with Crippen LogP contribution in [-0.2, 0) is 25.8 Å². The summed E-state index contributed by atoms with van der Waals surface area (Å²) in [6, 6.07) is 27.8. The van der Waals surface area contributed by atoms with E-state index in [0.717, 1.165) is 29.0 Å². The van der Waals surface area contributed by atoms with Crippen LogP contribution in [0.3, 0.4) is 0 Å². The number of carbonyl (C=O) groups excluding carboxylic acids is 1. The van der Waals surface area contributed by atoms with Crippen molar-refractivity contribution in [2.45, 2.75) is 25.8 Å². The van der Waals surface area contributed by atoms with E-state index in [0.29, 0.717) is 19.6 Å². The zero-order valence-corrected chi connectivity index (χ0v) is 17.9. The van der Waals surface area contributed by atoms with Gasteiger partial charge in [-0.05, 0) is 47.5 Å². The Balaban J connectivity index is 1.59. The molecule has 33 heavy (non-hydrogen) atoms. The quantitative estimate of drug-likeness (QED) is 0.321. The molecule has 3 nitrogen and oxygen atoms in total. The molecule has 0 unspecified atom stereocenters. The first kappa shape index (κ1) is 22.4. The number of hydrogen-bond acceptors (Lipinski definition) is 1. The second-order valence-corrected chi connectivity index (χ2v) is 7.83. The van der Waals surface area contributed by atoms with Gasteiger partial charge in [-0.2, -0.15) is 13.2 Å². The first-order valence-corrected chi connectivity index (χ1v) is 10.6. The Hall–Kier alpha value is -3.80. The average Bonchev–Trinajstić information content (AvgIpc) is 3.25. The van der Waals surface area contributed by atoms with Crippen LogP contribution in [0.2, 0.25) is 0 Å². The van der Waals surface area contributed by atoms with Crippen LogP contribution in [0.4, 0.5) is 13.2 Å². The number of alkyl halides is 3. The van der Waals surface area contributed by atoms with Gasteiger partial charge in [0.15, 0.2) is 0 Å². The van der Waals surface area contributed by atoms with E-state index in [4.69, 9.17) is 0 Å². The monoisotopic (exact) mass is 448 g/mol. The van der Waals surface area contributed by atoms with Crippen molar-refractivity contribution in [2.75, 3.05) is 0 Å². The minimum atomic E-state index is -4.44. The lowest BCUT2D eigenvalue weighted by Crippen LogP contribution is -2.31. The van der Waals surface area contributed by atoms with Crippen molar-refractivity contribution in [3.05, 3.63) is 131 Å². The molecule has 3 aromatic carbocycles. The Morgan fingerprint density at radius 1 is 0.727 bits per heavy atom. The largest absolute Gasteiger partial charge is 0.416 e. The SMILES string of the molecule is O=C(c1ccc(C(F)(F)F)cc1)N(Cc1ccccc1)Cc1cccn1Cc1ccccc1. The second-order valence-electron chi connectivity index (χ2n) is 7.83. The molecule has 0 N–H and O–H groups in total. The number of aromatic nitrogens is 1. The first-order valence-electron chi connectivity index (χ1n) is 10.6. The van der Waals surface area contributed by atoms with Crippen molar-refractivity contribution < 1.29 is 18.0 Å². The maximum Gasteiger partial charge on any atom is 0.416 e. The molecule has 1 amide bonds. The number of rotatable bonds is 7. The topological polar surface area (TPSA) is 25.2 Å². The van der Waals surface area contributed by atoms with Crippen LogP contribution in [0.15, 0.2) is 103 Å². The van der Waals surface area contributed by atoms with Crippen LogP contribution in [0, 0.1) is 0 Å². The van der Waals surface area contributed by atoms with Gasteiger partial charge in [-0.25, -0.2) is 0 Å². The minimum absolute atomic E-state index is 0.222. The van der Waals surface area contributed by atoms with E-state index >= 15 is 0 Å². The third-order valence-corrected chi connectivity index (χ3v) is 5.43. The summed E-state index contributed by atoms with van der Waals surface area (Å²) < 4.78 is 40.9. The molecule has 4 rings (SSSR count). The lowest BCUT2D eigenvalue weighted by atomic mass is 10.1. The Bertz CT molecular complexity index is 1180. The molecule has 0 aliphatic carbocycles. The molecule has 0 atom stereocenters. The first-order chi connectivity index (χ1) is 15.9. The summed E-state index contributed by atoms with van der Waals surface area (Å²) in [5.74, 6) is -0.319. The third kappa shape index (κ3) is 5.71. The van der Waals surface area contributed by atoms with Gasteiger partial charge in [0.2, 0.25) is 0 Å². The summed E-state index contributed by atoms with van der Waals surface area (Å²) in [6.45, 7) is 1.34. The predicted molar refractivity (Wildman–Crippen MR) is 121 cm³/mol. The molecule has 4 aromatic rings. The van der Waals surface area contributed by atoms with E-state index in [1.54, 1.807) is 4.90 Å². The van der Waals surface area contributed by atoms with Crippen LogP contribution >= 0.6 is 0 Å². The second kappa shape index (κ2) is 9.77. The summed E-state index contributed by atoms with van der Waals surface area (Å²) >= 11 is 0. The van der Waals surface area contributed by atoms with Crippen molar-refractivity contribution in [1.29, 1.82) is 0 Å². The standard InChI is InChI=1S/C27H23F3N2O/c28-27(29,30)24-15-13-23(14-16-24)26(33)32(19-22-10-5-2-6-11-22)20-25-12-7-17-31(25)18-21-8-3-1-4-9-21/h1-17H,18-20H2. The highest BCUT2D eigenvalue weighted by Crippen LogP contribution is 2.29. The summed E-state index contributed by atoms with van der Waals surface area (Å²) in [5.41, 5.74) is 2.47. The van der Waals surface area contributed by atoms with Gasteiger partial charge in [-0.3, -0.25) is 4.79 Å². The molecule has 1 heterocycles. The highest BCUT2D eigenvalue weighted by atomic mass is 19.4. The van der Waals surface area contributed by atoms with Crippen LogP contribution in [-0.4, -0.2) is 15.4 Å². The van der Waals surface area contributed by atoms with E-state index in [9.17, 15) is 18.0 Å². The van der Waals surface area contributed by atoms with Gasteiger partial charge in [0.1, 0.15) is 0 Å². The average molecular weight is 448 g/mol. The number of amides is 1. The van der Waals surface area contributed by atoms with Gasteiger partial charge < -0.3 is 9.47 Å². The molecule has 0 radical (unpaired) electrons. The Morgan fingerprint density at radius 2 is 1.33 bits per heavy atom. The number of benzene rings is 3. The molecule has 0 bridgehead atoms. The van der Waals surface area contributed by atoms with Crippen molar-refractivity contribution >= 4 is 5.91 Å². The van der Waals surface area contributed by atoms with Gasteiger partial charge in [0.25, 0.3) is 5.91 Å². The van der Waals surface area contributed by atoms with Crippen molar-refractivity contribution in [2.24, 2.45) is 0 Å². The number of carbonyl (C=O) groups is 1. The molecule has 168 valence electrons. The highest BCUT2D eigenvalue weighted by Gasteiger charge is 2.30. The smallest absolute Gasteiger partial charge is 0.345 e. The van der Waals surface area contributed by atoms with Crippen LogP contribution in [0.25, 0.3) is 0 Å². The van der Waals surface area contributed by atoms with Crippen LogP contribution in [0.5, 0.6) is 0 Å². The molecule has 0 saturated heterocycles. The zero-order valence-electron chi connectivity index (χ0n) is 17.9. The minimum Gasteiger partial charge on any atom is -0.345 e. The maximum atomic E-state index is 13.3. The molecule has 0 aliphatic heterocycles. The van der Waals surface area contributed by atoms with Gasteiger partial charge >= 0.3 is 6.18 Å². The Morgan fingerprint density at radius 3 is 1.94 bits per heavy atom. The summed E-state index contributed by atoms with van der Waals surface area (Å²) in [4.78, 5) is 15.0. The van der Waals surface area contributed by atoms with Crippen LogP contribution < -0.4 is 0 Å². The van der Waals surface area contributed by atoms with E-state index in [1.807, 2.05) is 79.0 Å². The fourth-order valence-corrected chi connectivity index (χ4v) is 3.71. The summed E-state index contributed by atoms with van der Waals surface area (Å²) in [5, 5.41) is 0. The fourth-order valence-electron chi connectivity index (χ4n) is 3.71. The number of hydrogen-bond donors (Lipinski definition) is 0. The van der Waals surface area contributed by atoms with Crippen molar-refractivity contribution in [3.63, 3.8) is 0 Å². The van der Waals surface area contributed by atoms with E-state index < -0.39 is 11.7 Å². The van der Waals surface area contributed by atoms with Gasteiger partial charge in [0, 0.05) is 30.5 Å². The normalized spacial score (nSPS) is 11.4. The summed E-state index contributed by atoms with van der Waals surface area (Å²) in [7, 11) is 0. The van der Waals surface area contributed by atoms with Gasteiger partial charge in [-0.1, -0.05) is 60.7 Å². The Labute approximate surface area is 190 Å². The van der Waals surface area contributed by atoms with Crippen molar-refractivity contribution in [1.82, 2.24) is 9.47 Å². The lowest BCUT2D eigenvalue weighted by Gasteiger charge is -2.24. The van der Waals surface area contributed by atoms with Gasteiger partial charge in [-0.15, -0.1) is 0 Å².